The molecule has 0 aliphatic rings. The number of amides is 1. The summed E-state index contributed by atoms with van der Waals surface area (Å²) in [6, 6.07) is 8.24. The summed E-state index contributed by atoms with van der Waals surface area (Å²) in [6.45, 7) is 5.13. The standard InChI is InChI=1S/C21H19ClF3N3O2/c1-4-16(19(29)26-14-7-5-6-13(22)10-14)28-17-9-12(3)11(2)8-15(17)27-18(20(28)30)21(23,24)25/h5-10,16H,4H2,1-3H3,(H,26,29). The zero-order valence-electron chi connectivity index (χ0n) is 16.5. The summed E-state index contributed by atoms with van der Waals surface area (Å²) < 4.78 is 41.4. The molecule has 0 radical (unpaired) electrons. The second-order valence-electron chi connectivity index (χ2n) is 6.98. The zero-order chi connectivity index (χ0) is 22.2. The summed E-state index contributed by atoms with van der Waals surface area (Å²) in [5, 5.41) is 3.01. The highest BCUT2D eigenvalue weighted by molar-refractivity contribution is 6.30. The van der Waals surface area contributed by atoms with Crippen molar-refractivity contribution < 1.29 is 18.0 Å². The highest BCUT2D eigenvalue weighted by atomic mass is 35.5. The minimum atomic E-state index is -4.95. The van der Waals surface area contributed by atoms with Crippen LogP contribution >= 0.6 is 11.6 Å². The lowest BCUT2D eigenvalue weighted by atomic mass is 10.1. The van der Waals surface area contributed by atoms with E-state index < -0.39 is 29.4 Å². The first-order chi connectivity index (χ1) is 14.0. The Hall–Kier alpha value is -2.87. The van der Waals surface area contributed by atoms with Crippen molar-refractivity contribution in [3.05, 3.63) is 68.6 Å². The highest BCUT2D eigenvalue weighted by Gasteiger charge is 2.38. The van der Waals surface area contributed by atoms with E-state index in [1.165, 1.54) is 12.1 Å². The SMILES string of the molecule is CCC(C(=O)Nc1cccc(Cl)c1)n1c(=O)c(C(F)(F)F)nc2cc(C)c(C)cc21. The Kier molecular flexibility index (Phi) is 5.90. The molecule has 0 aliphatic carbocycles. The quantitative estimate of drug-likeness (QED) is 0.604. The van der Waals surface area contributed by atoms with Gasteiger partial charge >= 0.3 is 6.18 Å². The highest BCUT2D eigenvalue weighted by Crippen LogP contribution is 2.29. The van der Waals surface area contributed by atoms with Crippen molar-refractivity contribution in [2.45, 2.75) is 39.4 Å². The number of carbonyl (C=O) groups is 1. The van der Waals surface area contributed by atoms with E-state index in [9.17, 15) is 22.8 Å². The first kappa shape index (κ1) is 21.8. The van der Waals surface area contributed by atoms with Crippen molar-refractivity contribution in [3.8, 4) is 0 Å². The monoisotopic (exact) mass is 437 g/mol. The Bertz CT molecular complexity index is 1190. The lowest BCUT2D eigenvalue weighted by Gasteiger charge is -2.22. The van der Waals surface area contributed by atoms with Gasteiger partial charge in [-0.3, -0.25) is 14.2 Å². The van der Waals surface area contributed by atoms with E-state index in [2.05, 4.69) is 10.3 Å². The van der Waals surface area contributed by atoms with Crippen LogP contribution in [0.15, 0.2) is 41.2 Å². The molecule has 0 fully saturated rings. The molecule has 2 aromatic carbocycles. The van der Waals surface area contributed by atoms with E-state index in [1.807, 2.05) is 0 Å². The molecule has 1 unspecified atom stereocenters. The van der Waals surface area contributed by atoms with Gasteiger partial charge in [0.2, 0.25) is 11.6 Å². The van der Waals surface area contributed by atoms with Gasteiger partial charge in [-0.05, 0) is 61.7 Å². The Morgan fingerprint density at radius 3 is 2.47 bits per heavy atom. The normalized spacial score (nSPS) is 12.8. The first-order valence-corrected chi connectivity index (χ1v) is 9.57. The van der Waals surface area contributed by atoms with Gasteiger partial charge in [0.25, 0.3) is 5.56 Å². The van der Waals surface area contributed by atoms with Gasteiger partial charge in [-0.2, -0.15) is 13.2 Å². The predicted octanol–water partition coefficient (Wildman–Crippen LogP) is 5.28. The fourth-order valence-electron chi connectivity index (χ4n) is 3.23. The van der Waals surface area contributed by atoms with Crippen LogP contribution in [0.3, 0.4) is 0 Å². The molecule has 1 amide bonds. The summed E-state index contributed by atoms with van der Waals surface area (Å²) in [5.41, 5.74) is -0.866. The number of aromatic nitrogens is 2. The minimum absolute atomic E-state index is 0.000898. The maximum Gasteiger partial charge on any atom is 0.438 e. The molecule has 1 N–H and O–H groups in total. The molecule has 0 spiro atoms. The summed E-state index contributed by atoms with van der Waals surface area (Å²) >= 11 is 5.93. The molecule has 158 valence electrons. The van der Waals surface area contributed by atoms with Gasteiger partial charge in [0.05, 0.1) is 11.0 Å². The molecular formula is C21H19ClF3N3O2. The van der Waals surface area contributed by atoms with Gasteiger partial charge in [-0.25, -0.2) is 4.98 Å². The van der Waals surface area contributed by atoms with E-state index in [0.29, 0.717) is 10.7 Å². The number of benzene rings is 2. The van der Waals surface area contributed by atoms with E-state index in [4.69, 9.17) is 11.6 Å². The van der Waals surface area contributed by atoms with Crippen LogP contribution in [0.25, 0.3) is 11.0 Å². The van der Waals surface area contributed by atoms with Crippen molar-refractivity contribution in [1.82, 2.24) is 9.55 Å². The maximum atomic E-state index is 13.5. The predicted molar refractivity (Wildman–Crippen MR) is 110 cm³/mol. The number of halogens is 4. The van der Waals surface area contributed by atoms with Crippen LogP contribution in [0.4, 0.5) is 18.9 Å². The average molecular weight is 438 g/mol. The van der Waals surface area contributed by atoms with Crippen LogP contribution < -0.4 is 10.9 Å². The fraction of sp³-hybridized carbons (Fsp3) is 0.286. The Morgan fingerprint density at radius 2 is 1.87 bits per heavy atom. The van der Waals surface area contributed by atoms with Crippen LogP contribution in [-0.4, -0.2) is 15.5 Å². The number of rotatable bonds is 4. The van der Waals surface area contributed by atoms with Gasteiger partial charge in [0.1, 0.15) is 6.04 Å². The Balaban J connectivity index is 2.22. The molecule has 30 heavy (non-hydrogen) atoms. The molecule has 0 bridgehead atoms. The summed E-state index contributed by atoms with van der Waals surface area (Å²) in [5.74, 6) is -0.624. The lowest BCUT2D eigenvalue weighted by molar-refractivity contribution is -0.142. The molecule has 0 saturated heterocycles. The number of aryl methyl sites for hydroxylation is 2. The zero-order valence-corrected chi connectivity index (χ0v) is 17.2. The topological polar surface area (TPSA) is 64.0 Å². The van der Waals surface area contributed by atoms with Crippen LogP contribution in [0, 0.1) is 13.8 Å². The largest absolute Gasteiger partial charge is 0.438 e. The molecule has 3 aromatic rings. The third-order valence-corrected chi connectivity index (χ3v) is 5.10. The Morgan fingerprint density at radius 1 is 1.20 bits per heavy atom. The van der Waals surface area contributed by atoms with Gasteiger partial charge in [0.15, 0.2) is 0 Å². The number of alkyl halides is 3. The van der Waals surface area contributed by atoms with Gasteiger partial charge < -0.3 is 5.32 Å². The van der Waals surface area contributed by atoms with Gasteiger partial charge in [0, 0.05) is 10.7 Å². The molecule has 9 heteroatoms. The van der Waals surface area contributed by atoms with Crippen molar-refractivity contribution >= 4 is 34.2 Å². The maximum absolute atomic E-state index is 13.5. The van der Waals surface area contributed by atoms with Crippen LogP contribution in [-0.2, 0) is 11.0 Å². The number of nitrogens with one attached hydrogen (secondary N) is 1. The molecule has 0 aliphatic heterocycles. The van der Waals surface area contributed by atoms with E-state index in [0.717, 1.165) is 15.7 Å². The van der Waals surface area contributed by atoms with Crippen LogP contribution in [0.2, 0.25) is 5.02 Å². The summed E-state index contributed by atoms with van der Waals surface area (Å²) in [6.07, 6.45) is -4.86. The third-order valence-electron chi connectivity index (χ3n) is 4.87. The lowest BCUT2D eigenvalue weighted by Crippen LogP contribution is -2.37. The average Bonchev–Trinajstić information content (AvgIpc) is 2.64. The van der Waals surface area contributed by atoms with E-state index in [-0.39, 0.29) is 17.5 Å². The first-order valence-electron chi connectivity index (χ1n) is 9.20. The van der Waals surface area contributed by atoms with Crippen molar-refractivity contribution in [1.29, 1.82) is 0 Å². The third kappa shape index (κ3) is 4.18. The van der Waals surface area contributed by atoms with E-state index >= 15 is 0 Å². The number of carbonyl (C=O) groups excluding carboxylic acids is 1. The van der Waals surface area contributed by atoms with Crippen LogP contribution in [0.1, 0.15) is 36.2 Å². The summed E-state index contributed by atoms with van der Waals surface area (Å²) in [7, 11) is 0. The van der Waals surface area contributed by atoms with Gasteiger partial charge in [-0.1, -0.05) is 24.6 Å². The van der Waals surface area contributed by atoms with Gasteiger partial charge in [-0.15, -0.1) is 0 Å². The van der Waals surface area contributed by atoms with Crippen LogP contribution in [0.5, 0.6) is 0 Å². The molecule has 5 nitrogen and oxygen atoms in total. The van der Waals surface area contributed by atoms with Crippen molar-refractivity contribution in [2.24, 2.45) is 0 Å². The smallest absolute Gasteiger partial charge is 0.324 e. The second kappa shape index (κ2) is 8.10. The van der Waals surface area contributed by atoms with Crippen molar-refractivity contribution in [2.75, 3.05) is 5.32 Å². The molecule has 0 saturated carbocycles. The van der Waals surface area contributed by atoms with E-state index in [1.54, 1.807) is 45.0 Å². The number of nitrogens with zero attached hydrogens (tertiary/aromatic N) is 2. The minimum Gasteiger partial charge on any atom is -0.324 e. The molecule has 1 heterocycles. The molecular weight excluding hydrogens is 419 g/mol. The molecule has 1 aromatic heterocycles. The number of hydrogen-bond donors (Lipinski definition) is 1. The number of hydrogen-bond acceptors (Lipinski definition) is 3. The fourth-order valence-corrected chi connectivity index (χ4v) is 3.42. The molecule has 1 atom stereocenters. The Labute approximate surface area is 175 Å². The molecule has 3 rings (SSSR count). The number of anilines is 1. The van der Waals surface area contributed by atoms with Crippen molar-refractivity contribution in [3.63, 3.8) is 0 Å². The summed E-state index contributed by atoms with van der Waals surface area (Å²) in [4.78, 5) is 29.3. The number of fused-ring (bicyclic) bond motifs is 1. The second-order valence-corrected chi connectivity index (χ2v) is 7.42.